The van der Waals surface area contributed by atoms with E-state index in [2.05, 4.69) is 16.9 Å². The fourth-order valence-electron chi connectivity index (χ4n) is 1.13. The predicted molar refractivity (Wildman–Crippen MR) is 45.5 cm³/mol. The van der Waals surface area contributed by atoms with Crippen LogP contribution in [-0.2, 0) is 0 Å². The highest BCUT2D eigenvalue weighted by Gasteiger charge is 2.30. The molecule has 1 unspecified atom stereocenters. The molecule has 0 fully saturated rings. The molecule has 0 aliphatic carbocycles. The fraction of sp³-hybridized carbons (Fsp3) is 0.625. The summed E-state index contributed by atoms with van der Waals surface area (Å²) in [7, 11) is 0. The smallest absolute Gasteiger partial charge is 0.159 e. The van der Waals surface area contributed by atoms with Crippen molar-refractivity contribution in [1.82, 2.24) is 5.32 Å². The van der Waals surface area contributed by atoms with E-state index in [0.29, 0.717) is 13.0 Å². The first-order chi connectivity index (χ1) is 5.20. The first kappa shape index (κ1) is 8.27. The van der Waals surface area contributed by atoms with Crippen molar-refractivity contribution < 1.29 is 5.11 Å². The Morgan fingerprint density at radius 1 is 1.91 bits per heavy atom. The van der Waals surface area contributed by atoms with E-state index in [4.69, 9.17) is 0 Å². The Balaban J connectivity index is 2.49. The Kier molecular flexibility index (Phi) is 2.29. The van der Waals surface area contributed by atoms with E-state index in [1.807, 2.05) is 6.92 Å². The maximum Gasteiger partial charge on any atom is 0.159 e. The second-order valence-electron chi connectivity index (χ2n) is 2.77. The second-order valence-corrected chi connectivity index (χ2v) is 2.77. The average Bonchev–Trinajstić information content (AvgIpc) is 2.33. The minimum atomic E-state index is -0.854. The van der Waals surface area contributed by atoms with Gasteiger partial charge in [0.15, 0.2) is 5.72 Å². The molecule has 0 aromatic rings. The zero-order valence-electron chi connectivity index (χ0n) is 6.80. The van der Waals surface area contributed by atoms with E-state index in [-0.39, 0.29) is 0 Å². The van der Waals surface area contributed by atoms with Crippen molar-refractivity contribution in [3.8, 4) is 0 Å². The lowest BCUT2D eigenvalue weighted by atomic mass is 10.1. The van der Waals surface area contributed by atoms with Gasteiger partial charge in [0.25, 0.3) is 0 Å². The van der Waals surface area contributed by atoms with Crippen molar-refractivity contribution in [2.24, 2.45) is 4.99 Å². The van der Waals surface area contributed by atoms with Crippen LogP contribution in [0.1, 0.15) is 19.8 Å². The van der Waals surface area contributed by atoms with Gasteiger partial charge in [0.05, 0.1) is 12.4 Å². The van der Waals surface area contributed by atoms with Crippen molar-refractivity contribution in [2.45, 2.75) is 25.5 Å². The Labute approximate surface area is 66.8 Å². The van der Waals surface area contributed by atoms with Gasteiger partial charge in [-0.1, -0.05) is 13.0 Å². The molecule has 1 heterocycles. The normalized spacial score (nSPS) is 29.5. The number of aliphatic imine (C=N–C) groups is 1. The lowest BCUT2D eigenvalue weighted by Gasteiger charge is -2.20. The van der Waals surface area contributed by atoms with Gasteiger partial charge in [-0.05, 0) is 0 Å². The zero-order chi connectivity index (χ0) is 8.32. The number of nitrogens with one attached hydrogen (secondary N) is 1. The maximum absolute atomic E-state index is 9.70. The Morgan fingerprint density at radius 3 is 3.09 bits per heavy atom. The van der Waals surface area contributed by atoms with E-state index in [1.165, 1.54) is 0 Å². The highest BCUT2D eigenvalue weighted by molar-refractivity contribution is 5.84. The molecule has 0 saturated carbocycles. The molecule has 62 valence electrons. The number of nitrogens with zero attached hydrogens (tertiary/aromatic N) is 1. The summed E-state index contributed by atoms with van der Waals surface area (Å²) in [5.74, 6) is 0.884. The summed E-state index contributed by atoms with van der Waals surface area (Å²) in [6.45, 7) is 6.02. The summed E-state index contributed by atoms with van der Waals surface area (Å²) in [5.41, 5.74) is -0.854. The van der Waals surface area contributed by atoms with Crippen molar-refractivity contribution in [2.75, 3.05) is 6.54 Å². The van der Waals surface area contributed by atoms with E-state index in [1.54, 1.807) is 6.08 Å². The van der Waals surface area contributed by atoms with E-state index in [9.17, 15) is 5.11 Å². The van der Waals surface area contributed by atoms with Crippen LogP contribution in [0.25, 0.3) is 0 Å². The third kappa shape index (κ3) is 1.80. The van der Waals surface area contributed by atoms with Crippen LogP contribution in [0.2, 0.25) is 0 Å². The van der Waals surface area contributed by atoms with Crippen LogP contribution < -0.4 is 5.32 Å². The fourth-order valence-corrected chi connectivity index (χ4v) is 1.13. The van der Waals surface area contributed by atoms with Gasteiger partial charge in [0, 0.05) is 12.8 Å². The van der Waals surface area contributed by atoms with E-state index in [0.717, 1.165) is 12.3 Å². The van der Waals surface area contributed by atoms with Crippen LogP contribution in [0.4, 0.5) is 0 Å². The summed E-state index contributed by atoms with van der Waals surface area (Å²) in [6, 6.07) is 0. The monoisotopic (exact) mass is 154 g/mol. The second kappa shape index (κ2) is 3.05. The molecule has 0 saturated heterocycles. The van der Waals surface area contributed by atoms with Crippen molar-refractivity contribution in [1.29, 1.82) is 0 Å². The lowest BCUT2D eigenvalue weighted by Crippen LogP contribution is -2.44. The Hall–Kier alpha value is -0.830. The SMILES string of the molecule is C=CCC1(O)CN=C(CC)N1. The number of rotatable bonds is 3. The largest absolute Gasteiger partial charge is 0.369 e. The van der Waals surface area contributed by atoms with Crippen molar-refractivity contribution in [3.05, 3.63) is 12.7 Å². The molecule has 0 aromatic carbocycles. The first-order valence-electron chi connectivity index (χ1n) is 3.85. The van der Waals surface area contributed by atoms with Gasteiger partial charge >= 0.3 is 0 Å². The molecule has 0 spiro atoms. The number of aliphatic hydroxyl groups is 1. The molecule has 0 aromatic heterocycles. The summed E-state index contributed by atoms with van der Waals surface area (Å²) in [5, 5.41) is 12.6. The van der Waals surface area contributed by atoms with Crippen LogP contribution in [0, 0.1) is 0 Å². The van der Waals surface area contributed by atoms with E-state index >= 15 is 0 Å². The van der Waals surface area contributed by atoms with Crippen LogP contribution in [0.5, 0.6) is 0 Å². The molecule has 0 radical (unpaired) electrons. The van der Waals surface area contributed by atoms with Crippen LogP contribution >= 0.6 is 0 Å². The molecule has 1 aliphatic rings. The molecule has 1 rings (SSSR count). The van der Waals surface area contributed by atoms with Crippen LogP contribution in [0.3, 0.4) is 0 Å². The highest BCUT2D eigenvalue weighted by Crippen LogP contribution is 2.13. The van der Waals surface area contributed by atoms with Crippen LogP contribution in [0.15, 0.2) is 17.6 Å². The molecule has 0 amide bonds. The third-order valence-corrected chi connectivity index (χ3v) is 1.73. The molecule has 1 atom stereocenters. The minimum absolute atomic E-state index is 0.447. The summed E-state index contributed by atoms with van der Waals surface area (Å²) in [4.78, 5) is 4.13. The maximum atomic E-state index is 9.70. The molecule has 2 N–H and O–H groups in total. The molecule has 3 heteroatoms. The molecular weight excluding hydrogens is 140 g/mol. The number of hydrogen-bond acceptors (Lipinski definition) is 3. The first-order valence-corrected chi connectivity index (χ1v) is 3.85. The van der Waals surface area contributed by atoms with Gasteiger partial charge < -0.3 is 10.4 Å². The molecular formula is C8H14N2O. The molecule has 1 aliphatic heterocycles. The molecule has 3 nitrogen and oxygen atoms in total. The van der Waals surface area contributed by atoms with Gasteiger partial charge in [-0.3, -0.25) is 4.99 Å². The Morgan fingerprint density at radius 2 is 2.64 bits per heavy atom. The van der Waals surface area contributed by atoms with Crippen LogP contribution in [-0.4, -0.2) is 23.2 Å². The van der Waals surface area contributed by atoms with Crippen molar-refractivity contribution in [3.63, 3.8) is 0 Å². The predicted octanol–water partition coefficient (Wildman–Crippen LogP) is 0.663. The standard InChI is InChI=1S/C8H14N2O/c1-3-5-8(11)6-9-7(4-2)10-8/h3,11H,1,4-6H2,2H3,(H,9,10). The molecule has 11 heavy (non-hydrogen) atoms. The number of amidine groups is 1. The average molecular weight is 154 g/mol. The highest BCUT2D eigenvalue weighted by atomic mass is 16.3. The van der Waals surface area contributed by atoms with Crippen molar-refractivity contribution >= 4 is 5.84 Å². The van der Waals surface area contributed by atoms with Gasteiger partial charge in [-0.25, -0.2) is 0 Å². The van der Waals surface area contributed by atoms with Gasteiger partial charge in [0.2, 0.25) is 0 Å². The van der Waals surface area contributed by atoms with E-state index < -0.39 is 5.72 Å². The summed E-state index contributed by atoms with van der Waals surface area (Å²) in [6.07, 6.45) is 3.08. The number of hydrogen-bond donors (Lipinski definition) is 2. The zero-order valence-corrected chi connectivity index (χ0v) is 6.80. The lowest BCUT2D eigenvalue weighted by molar-refractivity contribution is 0.0464. The minimum Gasteiger partial charge on any atom is -0.369 e. The molecule has 0 bridgehead atoms. The summed E-state index contributed by atoms with van der Waals surface area (Å²) < 4.78 is 0. The quantitative estimate of drug-likeness (QED) is 0.587. The van der Waals surface area contributed by atoms with Gasteiger partial charge in [0.1, 0.15) is 0 Å². The Bertz CT molecular complexity index is 189. The topological polar surface area (TPSA) is 44.6 Å². The third-order valence-electron chi connectivity index (χ3n) is 1.73. The van der Waals surface area contributed by atoms with Gasteiger partial charge in [-0.2, -0.15) is 0 Å². The van der Waals surface area contributed by atoms with Gasteiger partial charge in [-0.15, -0.1) is 6.58 Å². The summed E-state index contributed by atoms with van der Waals surface area (Å²) >= 11 is 0.